The van der Waals surface area contributed by atoms with Gasteiger partial charge in [-0.2, -0.15) is 10.1 Å². The number of aromatic nitrogens is 3. The minimum absolute atomic E-state index is 0.0675. The van der Waals surface area contributed by atoms with Crippen molar-refractivity contribution in [2.24, 2.45) is 5.41 Å². The summed E-state index contributed by atoms with van der Waals surface area (Å²) in [6, 6.07) is 8.00. The SMILES string of the molecule is Cc1cccc(C2C3=C(CC(C)(C)CC3=O)Nc3nc(CCCO)nn32)c1. The molecule has 4 rings (SSSR count). The van der Waals surface area contributed by atoms with Gasteiger partial charge in [0.15, 0.2) is 11.6 Å². The number of carbonyl (C=O) groups excluding carboxylic acids is 1. The fourth-order valence-corrected chi connectivity index (χ4v) is 4.14. The molecule has 1 aliphatic heterocycles. The third kappa shape index (κ3) is 3.30. The van der Waals surface area contributed by atoms with E-state index in [0.29, 0.717) is 31.0 Å². The largest absolute Gasteiger partial charge is 0.396 e. The molecule has 1 aliphatic carbocycles. The quantitative estimate of drug-likeness (QED) is 0.869. The highest BCUT2D eigenvalue weighted by Crippen LogP contribution is 2.45. The normalized spacial score (nSPS) is 20.9. The molecule has 2 heterocycles. The minimum Gasteiger partial charge on any atom is -0.396 e. The molecule has 1 atom stereocenters. The molecule has 6 nitrogen and oxygen atoms in total. The lowest BCUT2D eigenvalue weighted by molar-refractivity contribution is -0.118. The first-order valence-corrected chi connectivity index (χ1v) is 9.54. The molecule has 0 amide bonds. The van der Waals surface area contributed by atoms with Crippen LogP contribution in [0.5, 0.6) is 0 Å². The summed E-state index contributed by atoms with van der Waals surface area (Å²) in [5.74, 6) is 1.55. The Morgan fingerprint density at radius 3 is 2.89 bits per heavy atom. The number of hydrogen-bond acceptors (Lipinski definition) is 5. The molecule has 6 heteroatoms. The van der Waals surface area contributed by atoms with E-state index in [1.165, 1.54) is 0 Å². The number of ketones is 1. The van der Waals surface area contributed by atoms with Gasteiger partial charge in [0.05, 0.1) is 0 Å². The second-order valence-corrected chi connectivity index (χ2v) is 8.40. The topological polar surface area (TPSA) is 80.0 Å². The summed E-state index contributed by atoms with van der Waals surface area (Å²) in [6.07, 6.45) is 2.59. The summed E-state index contributed by atoms with van der Waals surface area (Å²) in [6.45, 7) is 6.43. The highest BCUT2D eigenvalue weighted by Gasteiger charge is 2.41. The molecule has 0 saturated carbocycles. The van der Waals surface area contributed by atoms with Crippen LogP contribution >= 0.6 is 0 Å². The van der Waals surface area contributed by atoms with Crippen molar-refractivity contribution in [3.05, 3.63) is 52.5 Å². The van der Waals surface area contributed by atoms with Crippen LogP contribution in [-0.4, -0.2) is 32.3 Å². The van der Waals surface area contributed by atoms with Crippen molar-refractivity contribution in [2.45, 2.75) is 52.5 Å². The first-order chi connectivity index (χ1) is 12.9. The zero-order valence-corrected chi connectivity index (χ0v) is 16.1. The van der Waals surface area contributed by atoms with Crippen LogP contribution in [0.2, 0.25) is 0 Å². The molecule has 27 heavy (non-hydrogen) atoms. The molecule has 2 N–H and O–H groups in total. The summed E-state index contributed by atoms with van der Waals surface area (Å²) in [5.41, 5.74) is 3.92. The zero-order valence-electron chi connectivity index (χ0n) is 16.1. The standard InChI is InChI=1S/C21H26N4O2/c1-13-6-4-7-14(10-13)19-18-15(11-21(2,3)12-16(18)27)22-20-23-17(8-5-9-26)24-25(19)20/h4,6-7,10,19,26H,5,8-9,11-12H2,1-3H3,(H,22,23,24). The van der Waals surface area contributed by atoms with Gasteiger partial charge in [0.25, 0.3) is 0 Å². The number of aryl methyl sites for hydroxylation is 2. The molecule has 2 aliphatic rings. The van der Waals surface area contributed by atoms with Crippen LogP contribution < -0.4 is 5.32 Å². The van der Waals surface area contributed by atoms with Crippen molar-refractivity contribution in [3.8, 4) is 0 Å². The lowest BCUT2D eigenvalue weighted by Crippen LogP contribution is -2.36. The van der Waals surface area contributed by atoms with E-state index in [9.17, 15) is 4.79 Å². The van der Waals surface area contributed by atoms with E-state index < -0.39 is 0 Å². The van der Waals surface area contributed by atoms with E-state index >= 15 is 0 Å². The van der Waals surface area contributed by atoms with Crippen LogP contribution in [0.3, 0.4) is 0 Å². The van der Waals surface area contributed by atoms with Crippen molar-refractivity contribution in [1.82, 2.24) is 14.8 Å². The number of carbonyl (C=O) groups is 1. The molecule has 0 spiro atoms. The average Bonchev–Trinajstić information content (AvgIpc) is 2.99. The Hall–Kier alpha value is -2.47. The second-order valence-electron chi connectivity index (χ2n) is 8.40. The molecule has 0 radical (unpaired) electrons. The molecule has 1 aromatic carbocycles. The Balaban J connectivity index is 1.85. The summed E-state index contributed by atoms with van der Waals surface area (Å²) < 4.78 is 1.84. The van der Waals surface area contributed by atoms with Gasteiger partial charge in [-0.15, -0.1) is 0 Å². The minimum atomic E-state index is -0.255. The predicted octanol–water partition coefficient (Wildman–Crippen LogP) is 3.17. The lowest BCUT2D eigenvalue weighted by Gasteiger charge is -2.38. The van der Waals surface area contributed by atoms with Crippen LogP contribution in [-0.2, 0) is 11.2 Å². The van der Waals surface area contributed by atoms with Gasteiger partial charge in [-0.25, -0.2) is 4.68 Å². The van der Waals surface area contributed by atoms with E-state index in [-0.39, 0.29) is 23.8 Å². The third-order valence-electron chi connectivity index (χ3n) is 5.29. The van der Waals surface area contributed by atoms with Crippen LogP contribution in [0.15, 0.2) is 35.5 Å². The van der Waals surface area contributed by atoms with Gasteiger partial charge in [0.1, 0.15) is 6.04 Å². The van der Waals surface area contributed by atoms with E-state index in [1.807, 2.05) is 10.7 Å². The first kappa shape index (κ1) is 17.9. The monoisotopic (exact) mass is 366 g/mol. The highest BCUT2D eigenvalue weighted by molar-refractivity contribution is 6.00. The van der Waals surface area contributed by atoms with Crippen molar-refractivity contribution in [3.63, 3.8) is 0 Å². The van der Waals surface area contributed by atoms with E-state index in [1.54, 1.807) is 0 Å². The second kappa shape index (κ2) is 6.60. The maximum Gasteiger partial charge on any atom is 0.226 e. The number of rotatable bonds is 4. The molecule has 142 valence electrons. The van der Waals surface area contributed by atoms with Crippen molar-refractivity contribution < 1.29 is 9.90 Å². The number of benzene rings is 1. The lowest BCUT2D eigenvalue weighted by atomic mass is 9.73. The smallest absolute Gasteiger partial charge is 0.226 e. The van der Waals surface area contributed by atoms with Gasteiger partial charge >= 0.3 is 0 Å². The van der Waals surface area contributed by atoms with E-state index in [0.717, 1.165) is 28.8 Å². The fourth-order valence-electron chi connectivity index (χ4n) is 4.14. The van der Waals surface area contributed by atoms with Gasteiger partial charge in [-0.05, 0) is 30.7 Å². The number of Topliss-reactive ketones (excluding diaryl/α,β-unsaturated/α-hetero) is 1. The van der Waals surface area contributed by atoms with Crippen molar-refractivity contribution in [1.29, 1.82) is 0 Å². The van der Waals surface area contributed by atoms with Crippen LogP contribution in [0.1, 0.15) is 56.1 Å². The number of hydrogen-bond donors (Lipinski definition) is 2. The first-order valence-electron chi connectivity index (χ1n) is 9.54. The molecule has 1 aromatic heterocycles. The molecule has 0 fully saturated rings. The summed E-state index contributed by atoms with van der Waals surface area (Å²) in [7, 11) is 0. The summed E-state index contributed by atoms with van der Waals surface area (Å²) >= 11 is 0. The van der Waals surface area contributed by atoms with Crippen LogP contribution in [0, 0.1) is 12.3 Å². The van der Waals surface area contributed by atoms with Crippen molar-refractivity contribution in [2.75, 3.05) is 11.9 Å². The maximum atomic E-state index is 13.1. The Labute approximate surface area is 159 Å². The number of allylic oxidation sites excluding steroid dienone is 2. The Morgan fingerprint density at radius 2 is 2.15 bits per heavy atom. The highest BCUT2D eigenvalue weighted by atomic mass is 16.3. The average molecular weight is 366 g/mol. The molecule has 0 bridgehead atoms. The van der Waals surface area contributed by atoms with E-state index in [2.05, 4.69) is 54.4 Å². The van der Waals surface area contributed by atoms with Crippen molar-refractivity contribution >= 4 is 11.7 Å². The number of aliphatic hydroxyl groups is 1. The van der Waals surface area contributed by atoms with Crippen LogP contribution in [0.25, 0.3) is 0 Å². The zero-order chi connectivity index (χ0) is 19.2. The third-order valence-corrected chi connectivity index (χ3v) is 5.29. The molecule has 0 saturated heterocycles. The molecule has 2 aromatic rings. The Morgan fingerprint density at radius 1 is 1.33 bits per heavy atom. The predicted molar refractivity (Wildman–Crippen MR) is 103 cm³/mol. The number of fused-ring (bicyclic) bond motifs is 1. The Bertz CT molecular complexity index is 926. The molecular weight excluding hydrogens is 340 g/mol. The van der Waals surface area contributed by atoms with Gasteiger partial charge in [-0.1, -0.05) is 43.7 Å². The van der Waals surface area contributed by atoms with E-state index in [4.69, 9.17) is 5.11 Å². The van der Waals surface area contributed by atoms with Gasteiger partial charge in [0, 0.05) is 30.7 Å². The number of anilines is 1. The van der Waals surface area contributed by atoms with Crippen LogP contribution in [0.4, 0.5) is 5.95 Å². The number of nitrogens with one attached hydrogen (secondary N) is 1. The molecule has 1 unspecified atom stereocenters. The van der Waals surface area contributed by atoms with Gasteiger partial charge in [0.2, 0.25) is 5.95 Å². The number of nitrogens with zero attached hydrogens (tertiary/aromatic N) is 3. The van der Waals surface area contributed by atoms with Gasteiger partial charge < -0.3 is 10.4 Å². The fraction of sp³-hybridized carbons (Fsp3) is 0.476. The molecular formula is C21H26N4O2. The summed E-state index contributed by atoms with van der Waals surface area (Å²) in [5, 5.41) is 17.2. The Kier molecular flexibility index (Phi) is 4.38. The van der Waals surface area contributed by atoms with Gasteiger partial charge in [-0.3, -0.25) is 4.79 Å². The maximum absolute atomic E-state index is 13.1. The number of aliphatic hydroxyl groups excluding tert-OH is 1. The summed E-state index contributed by atoms with van der Waals surface area (Å²) in [4.78, 5) is 17.7.